The molecule has 2 aromatic carbocycles. The number of para-hydroxylation sites is 1. The van der Waals surface area contributed by atoms with Gasteiger partial charge < -0.3 is 5.11 Å². The van der Waals surface area contributed by atoms with Gasteiger partial charge in [-0.2, -0.15) is 0 Å². The number of rotatable bonds is 4. The highest BCUT2D eigenvalue weighted by molar-refractivity contribution is 5.91. The van der Waals surface area contributed by atoms with Crippen LogP contribution < -0.4 is 9.67 Å². The van der Waals surface area contributed by atoms with Crippen molar-refractivity contribution in [3.8, 4) is 0 Å². The number of hydrogen-bond donors (Lipinski definition) is 0. The van der Waals surface area contributed by atoms with Gasteiger partial charge in [0.05, 0.1) is 5.69 Å². The lowest BCUT2D eigenvalue weighted by Gasteiger charge is -2.09. The van der Waals surface area contributed by atoms with Crippen molar-refractivity contribution in [2.45, 2.75) is 6.54 Å². The van der Waals surface area contributed by atoms with Crippen molar-refractivity contribution in [2.75, 3.05) is 0 Å². The third-order valence-electron chi connectivity index (χ3n) is 3.30. The van der Waals surface area contributed by atoms with Crippen LogP contribution in [-0.4, -0.2) is 5.90 Å². The lowest BCUT2D eigenvalue weighted by molar-refractivity contribution is -0.688. The SMILES string of the molecule is [O-]C(=Nc1ccccc1)c1ccc[n+](Cc2ccccc2)c1. The van der Waals surface area contributed by atoms with Gasteiger partial charge in [-0.3, -0.25) is 4.99 Å². The van der Waals surface area contributed by atoms with Crippen LogP contribution in [0.25, 0.3) is 0 Å². The quantitative estimate of drug-likeness (QED) is 0.413. The van der Waals surface area contributed by atoms with E-state index in [2.05, 4.69) is 17.1 Å². The Balaban J connectivity index is 1.83. The normalized spacial score (nSPS) is 11.4. The van der Waals surface area contributed by atoms with Crippen LogP contribution in [0.1, 0.15) is 11.1 Å². The Labute approximate surface area is 129 Å². The van der Waals surface area contributed by atoms with Crippen molar-refractivity contribution in [1.29, 1.82) is 0 Å². The van der Waals surface area contributed by atoms with Gasteiger partial charge in [-0.1, -0.05) is 48.5 Å². The van der Waals surface area contributed by atoms with Gasteiger partial charge in [-0.15, -0.1) is 0 Å². The molecular weight excluding hydrogens is 272 g/mol. The van der Waals surface area contributed by atoms with E-state index >= 15 is 0 Å². The number of aromatic nitrogens is 1. The van der Waals surface area contributed by atoms with E-state index in [1.807, 2.05) is 71.6 Å². The van der Waals surface area contributed by atoms with Crippen molar-refractivity contribution in [2.24, 2.45) is 4.99 Å². The van der Waals surface area contributed by atoms with E-state index in [0.717, 1.165) is 6.54 Å². The van der Waals surface area contributed by atoms with Crippen molar-refractivity contribution >= 4 is 11.6 Å². The molecule has 3 heteroatoms. The molecule has 0 saturated heterocycles. The van der Waals surface area contributed by atoms with E-state index in [4.69, 9.17) is 0 Å². The van der Waals surface area contributed by atoms with Crippen LogP contribution in [0.3, 0.4) is 0 Å². The highest BCUT2D eigenvalue weighted by Crippen LogP contribution is 2.10. The summed E-state index contributed by atoms with van der Waals surface area (Å²) in [5.41, 5.74) is 2.45. The minimum absolute atomic E-state index is 0.228. The van der Waals surface area contributed by atoms with Gasteiger partial charge in [0.15, 0.2) is 18.9 Å². The molecule has 0 atom stereocenters. The van der Waals surface area contributed by atoms with Gasteiger partial charge >= 0.3 is 0 Å². The first-order valence-electron chi connectivity index (χ1n) is 7.15. The highest BCUT2D eigenvalue weighted by Gasteiger charge is 2.04. The van der Waals surface area contributed by atoms with Gasteiger partial charge in [0.1, 0.15) is 0 Å². The molecule has 0 aliphatic carbocycles. The Kier molecular flexibility index (Phi) is 4.25. The van der Waals surface area contributed by atoms with E-state index in [1.54, 1.807) is 6.07 Å². The minimum atomic E-state index is -0.228. The third-order valence-corrected chi connectivity index (χ3v) is 3.30. The summed E-state index contributed by atoms with van der Waals surface area (Å²) < 4.78 is 1.99. The Morgan fingerprint density at radius 2 is 1.55 bits per heavy atom. The molecule has 3 rings (SSSR count). The molecule has 3 nitrogen and oxygen atoms in total. The van der Waals surface area contributed by atoms with E-state index in [9.17, 15) is 5.11 Å². The standard InChI is InChI=1S/C19H16N2O/c22-19(20-18-11-5-2-6-12-18)17-10-7-13-21(15-17)14-16-8-3-1-4-9-16/h1-13,15H,14H2. The molecule has 0 fully saturated rings. The summed E-state index contributed by atoms with van der Waals surface area (Å²) >= 11 is 0. The number of benzene rings is 2. The predicted octanol–water partition coefficient (Wildman–Crippen LogP) is 2.46. The summed E-state index contributed by atoms with van der Waals surface area (Å²) in [6.07, 6.45) is 3.79. The fourth-order valence-electron chi connectivity index (χ4n) is 2.23. The van der Waals surface area contributed by atoms with Crippen LogP contribution in [0, 0.1) is 0 Å². The highest BCUT2D eigenvalue weighted by atomic mass is 16.3. The molecule has 0 amide bonds. The molecule has 0 spiro atoms. The summed E-state index contributed by atoms with van der Waals surface area (Å²) in [5.74, 6) is -0.228. The second-order valence-electron chi connectivity index (χ2n) is 5.00. The first kappa shape index (κ1) is 14.0. The van der Waals surface area contributed by atoms with Crippen molar-refractivity contribution in [3.63, 3.8) is 0 Å². The Hall–Kier alpha value is -2.94. The van der Waals surface area contributed by atoms with E-state index in [-0.39, 0.29) is 5.90 Å². The van der Waals surface area contributed by atoms with E-state index in [0.29, 0.717) is 11.3 Å². The molecule has 108 valence electrons. The zero-order valence-corrected chi connectivity index (χ0v) is 12.1. The maximum Gasteiger partial charge on any atom is 0.177 e. The lowest BCUT2D eigenvalue weighted by atomic mass is 10.2. The summed E-state index contributed by atoms with van der Waals surface area (Å²) in [6.45, 7) is 0.729. The smallest absolute Gasteiger partial charge is 0.177 e. The average Bonchev–Trinajstić information content (AvgIpc) is 2.57. The van der Waals surface area contributed by atoms with Gasteiger partial charge in [-0.25, -0.2) is 4.57 Å². The van der Waals surface area contributed by atoms with Crippen LogP contribution in [0.2, 0.25) is 0 Å². The number of nitrogens with zero attached hydrogens (tertiary/aromatic N) is 2. The van der Waals surface area contributed by atoms with Crippen LogP contribution in [-0.2, 0) is 6.54 Å². The predicted molar refractivity (Wildman–Crippen MR) is 84.8 cm³/mol. The monoisotopic (exact) mass is 288 g/mol. The third kappa shape index (κ3) is 3.58. The Morgan fingerprint density at radius 1 is 0.864 bits per heavy atom. The molecule has 1 aromatic heterocycles. The molecule has 22 heavy (non-hydrogen) atoms. The molecular formula is C19H16N2O. The number of pyridine rings is 1. The molecule has 3 aromatic rings. The van der Waals surface area contributed by atoms with Gasteiger partial charge in [0.2, 0.25) is 0 Å². The van der Waals surface area contributed by atoms with Crippen LogP contribution in [0.15, 0.2) is 90.2 Å². The van der Waals surface area contributed by atoms with Crippen LogP contribution >= 0.6 is 0 Å². The topological polar surface area (TPSA) is 39.3 Å². The zero-order valence-electron chi connectivity index (χ0n) is 12.1. The fraction of sp³-hybridized carbons (Fsp3) is 0.0526. The van der Waals surface area contributed by atoms with Crippen molar-refractivity contribution in [3.05, 3.63) is 96.3 Å². The van der Waals surface area contributed by atoms with E-state index in [1.165, 1.54) is 5.56 Å². The van der Waals surface area contributed by atoms with Crippen molar-refractivity contribution in [1.82, 2.24) is 0 Å². The van der Waals surface area contributed by atoms with Gasteiger partial charge in [0, 0.05) is 23.1 Å². The first-order valence-corrected chi connectivity index (χ1v) is 7.15. The first-order chi connectivity index (χ1) is 10.8. The second kappa shape index (κ2) is 6.68. The fourth-order valence-corrected chi connectivity index (χ4v) is 2.23. The molecule has 0 radical (unpaired) electrons. The van der Waals surface area contributed by atoms with Crippen molar-refractivity contribution < 1.29 is 9.67 Å². The van der Waals surface area contributed by atoms with Crippen LogP contribution in [0.4, 0.5) is 5.69 Å². The van der Waals surface area contributed by atoms with Gasteiger partial charge in [0.25, 0.3) is 0 Å². The summed E-state index contributed by atoms with van der Waals surface area (Å²) in [6, 6.07) is 23.1. The average molecular weight is 288 g/mol. The second-order valence-corrected chi connectivity index (χ2v) is 5.00. The largest absolute Gasteiger partial charge is 0.858 e. The molecule has 0 saturated carbocycles. The molecule has 1 heterocycles. The maximum atomic E-state index is 12.2. The Bertz CT molecular complexity index is 768. The molecule has 0 unspecified atom stereocenters. The number of aliphatic imine (C=N–C) groups is 1. The number of hydrogen-bond acceptors (Lipinski definition) is 2. The van der Waals surface area contributed by atoms with E-state index < -0.39 is 0 Å². The molecule has 0 bridgehead atoms. The molecule has 0 N–H and O–H groups in total. The summed E-state index contributed by atoms with van der Waals surface area (Å²) in [7, 11) is 0. The van der Waals surface area contributed by atoms with Gasteiger partial charge in [-0.05, 0) is 18.2 Å². The maximum absolute atomic E-state index is 12.2. The Morgan fingerprint density at radius 3 is 2.27 bits per heavy atom. The lowest BCUT2D eigenvalue weighted by Crippen LogP contribution is -2.35. The molecule has 0 aliphatic rings. The molecule has 0 aliphatic heterocycles. The summed E-state index contributed by atoms with van der Waals surface area (Å²) in [5, 5.41) is 12.2. The zero-order chi connectivity index (χ0) is 15.2. The summed E-state index contributed by atoms with van der Waals surface area (Å²) in [4.78, 5) is 4.13. The minimum Gasteiger partial charge on any atom is -0.858 e. The van der Waals surface area contributed by atoms with Crippen LogP contribution in [0.5, 0.6) is 0 Å².